The predicted molar refractivity (Wildman–Crippen MR) is 74.4 cm³/mol. The van der Waals surface area contributed by atoms with Gasteiger partial charge in [0.05, 0.1) is 5.60 Å². The number of aromatic nitrogens is 2. The van der Waals surface area contributed by atoms with Crippen LogP contribution >= 0.6 is 0 Å². The average molecular weight is 266 g/mol. The van der Waals surface area contributed by atoms with Gasteiger partial charge < -0.3 is 20.1 Å². The number of β-amino-alcohol motifs (C(OH)–C–C–N with tert-alkyl or cyclic N) is 1. The molecule has 1 unspecified atom stereocenters. The maximum Gasteiger partial charge on any atom is 0.158 e. The van der Waals surface area contributed by atoms with E-state index in [0.29, 0.717) is 19.0 Å². The largest absolute Gasteiger partial charge is 0.388 e. The molecule has 2 heterocycles. The van der Waals surface area contributed by atoms with Gasteiger partial charge in [-0.05, 0) is 19.8 Å². The van der Waals surface area contributed by atoms with E-state index in [9.17, 15) is 5.11 Å². The monoisotopic (exact) mass is 266 g/mol. The Morgan fingerprint density at radius 3 is 2.95 bits per heavy atom. The Hall–Kier alpha value is -1.40. The Bertz CT molecular complexity index is 437. The fourth-order valence-corrected chi connectivity index (χ4v) is 2.38. The lowest BCUT2D eigenvalue weighted by molar-refractivity contribution is 0.0446. The molecular weight excluding hydrogens is 244 g/mol. The molecular formula is C13H22N4O2. The average Bonchev–Trinajstić information content (AvgIpc) is 2.37. The number of piperidine rings is 1. The second-order valence-electron chi connectivity index (χ2n) is 5.23. The molecule has 6 nitrogen and oxygen atoms in total. The topological polar surface area (TPSA) is 70.5 Å². The van der Waals surface area contributed by atoms with Gasteiger partial charge in [0.1, 0.15) is 18.2 Å². The van der Waals surface area contributed by atoms with Crippen molar-refractivity contribution in [3.8, 4) is 0 Å². The first-order valence-electron chi connectivity index (χ1n) is 6.56. The quantitative estimate of drug-likeness (QED) is 0.848. The third-order valence-electron chi connectivity index (χ3n) is 3.29. The van der Waals surface area contributed by atoms with Crippen LogP contribution in [0.3, 0.4) is 0 Å². The van der Waals surface area contributed by atoms with E-state index in [-0.39, 0.29) is 0 Å². The van der Waals surface area contributed by atoms with E-state index in [1.165, 1.54) is 0 Å². The van der Waals surface area contributed by atoms with Gasteiger partial charge in [-0.15, -0.1) is 0 Å². The minimum absolute atomic E-state index is 0.382. The van der Waals surface area contributed by atoms with Crippen LogP contribution in [-0.2, 0) is 11.3 Å². The number of ether oxygens (including phenoxy) is 1. The first kappa shape index (κ1) is 14.0. The molecule has 0 saturated carbocycles. The zero-order valence-electron chi connectivity index (χ0n) is 11.8. The fraction of sp³-hybridized carbons (Fsp3) is 0.692. The van der Waals surface area contributed by atoms with Crippen molar-refractivity contribution in [2.24, 2.45) is 0 Å². The van der Waals surface area contributed by atoms with Crippen molar-refractivity contribution in [1.29, 1.82) is 0 Å². The molecule has 19 heavy (non-hydrogen) atoms. The lowest BCUT2D eigenvalue weighted by Gasteiger charge is -2.37. The third-order valence-corrected chi connectivity index (χ3v) is 3.29. The molecule has 6 heteroatoms. The predicted octanol–water partition coefficient (Wildman–Crippen LogP) is 1.02. The number of methoxy groups -OCH3 is 1. The molecule has 106 valence electrons. The molecule has 0 aromatic carbocycles. The summed E-state index contributed by atoms with van der Waals surface area (Å²) in [6.07, 6.45) is 1.80. The van der Waals surface area contributed by atoms with E-state index in [1.807, 2.05) is 20.0 Å². The van der Waals surface area contributed by atoms with Crippen LogP contribution in [0, 0.1) is 0 Å². The first-order chi connectivity index (χ1) is 9.04. The summed E-state index contributed by atoms with van der Waals surface area (Å²) in [5, 5.41) is 13.2. The highest BCUT2D eigenvalue weighted by Gasteiger charge is 2.29. The van der Waals surface area contributed by atoms with E-state index in [1.54, 1.807) is 7.11 Å². The Morgan fingerprint density at radius 2 is 2.32 bits per heavy atom. The standard InChI is InChI=1S/C13H22N4O2/c1-13(18)5-4-6-17(9-13)12-7-10(14-2)15-11(16-12)8-19-3/h7,18H,4-6,8-9H2,1-3H3,(H,14,15,16). The summed E-state index contributed by atoms with van der Waals surface area (Å²) in [4.78, 5) is 10.9. The van der Waals surface area contributed by atoms with Crippen LogP contribution in [-0.4, -0.2) is 47.9 Å². The van der Waals surface area contributed by atoms with Crippen molar-refractivity contribution in [1.82, 2.24) is 9.97 Å². The minimum Gasteiger partial charge on any atom is -0.388 e. The van der Waals surface area contributed by atoms with Crippen LogP contribution in [0.25, 0.3) is 0 Å². The molecule has 2 N–H and O–H groups in total. The Labute approximate surface area is 113 Å². The molecule has 1 fully saturated rings. The second-order valence-corrected chi connectivity index (χ2v) is 5.23. The van der Waals surface area contributed by atoms with Crippen molar-refractivity contribution < 1.29 is 9.84 Å². The van der Waals surface area contributed by atoms with E-state index in [4.69, 9.17) is 4.74 Å². The number of nitrogens with zero attached hydrogens (tertiary/aromatic N) is 3. The molecule has 0 radical (unpaired) electrons. The van der Waals surface area contributed by atoms with Crippen molar-refractivity contribution in [3.05, 3.63) is 11.9 Å². The number of rotatable bonds is 4. The lowest BCUT2D eigenvalue weighted by Crippen LogP contribution is -2.46. The summed E-state index contributed by atoms with van der Waals surface area (Å²) in [7, 11) is 3.45. The number of nitrogens with one attached hydrogen (secondary N) is 1. The first-order valence-corrected chi connectivity index (χ1v) is 6.56. The highest BCUT2D eigenvalue weighted by molar-refractivity contribution is 5.49. The molecule has 0 amide bonds. The summed E-state index contributed by atoms with van der Waals surface area (Å²) in [5.74, 6) is 2.25. The maximum atomic E-state index is 10.2. The smallest absolute Gasteiger partial charge is 0.158 e. The summed E-state index contributed by atoms with van der Waals surface area (Å²) in [5.41, 5.74) is -0.648. The van der Waals surface area contributed by atoms with Crippen LogP contribution < -0.4 is 10.2 Å². The summed E-state index contributed by atoms with van der Waals surface area (Å²) >= 11 is 0. The van der Waals surface area contributed by atoms with Gasteiger partial charge in [-0.3, -0.25) is 0 Å². The van der Waals surface area contributed by atoms with Crippen LogP contribution in [0.5, 0.6) is 0 Å². The molecule has 2 rings (SSSR count). The van der Waals surface area contributed by atoms with E-state index >= 15 is 0 Å². The number of hydrogen-bond donors (Lipinski definition) is 2. The number of hydrogen-bond acceptors (Lipinski definition) is 6. The van der Waals surface area contributed by atoms with Crippen LogP contribution in [0.1, 0.15) is 25.6 Å². The molecule has 1 aromatic rings. The van der Waals surface area contributed by atoms with Gasteiger partial charge in [-0.2, -0.15) is 0 Å². The Morgan fingerprint density at radius 1 is 1.53 bits per heavy atom. The summed E-state index contributed by atoms with van der Waals surface area (Å²) < 4.78 is 5.09. The fourth-order valence-electron chi connectivity index (χ4n) is 2.38. The van der Waals surface area contributed by atoms with Gasteiger partial charge in [0.2, 0.25) is 0 Å². The highest BCUT2D eigenvalue weighted by atomic mass is 16.5. The van der Waals surface area contributed by atoms with Crippen molar-refractivity contribution in [3.63, 3.8) is 0 Å². The molecule has 1 saturated heterocycles. The molecule has 0 bridgehead atoms. The zero-order chi connectivity index (χ0) is 13.9. The summed E-state index contributed by atoms with van der Waals surface area (Å²) in [6.45, 7) is 3.75. The molecule has 1 aliphatic heterocycles. The van der Waals surface area contributed by atoms with Crippen molar-refractivity contribution in [2.75, 3.05) is 37.5 Å². The molecule has 1 aliphatic rings. The zero-order valence-corrected chi connectivity index (χ0v) is 11.8. The second kappa shape index (κ2) is 5.71. The highest BCUT2D eigenvalue weighted by Crippen LogP contribution is 2.25. The van der Waals surface area contributed by atoms with Crippen LogP contribution in [0.2, 0.25) is 0 Å². The minimum atomic E-state index is -0.648. The molecule has 0 aliphatic carbocycles. The van der Waals surface area contributed by atoms with E-state index < -0.39 is 5.60 Å². The van der Waals surface area contributed by atoms with E-state index in [0.717, 1.165) is 31.0 Å². The molecule has 0 spiro atoms. The number of anilines is 2. The third kappa shape index (κ3) is 3.54. The van der Waals surface area contributed by atoms with Crippen molar-refractivity contribution in [2.45, 2.75) is 32.0 Å². The van der Waals surface area contributed by atoms with Gasteiger partial charge in [0.25, 0.3) is 0 Å². The number of aliphatic hydroxyl groups is 1. The van der Waals surface area contributed by atoms with Gasteiger partial charge in [-0.1, -0.05) is 0 Å². The van der Waals surface area contributed by atoms with Crippen LogP contribution in [0.15, 0.2) is 6.07 Å². The maximum absolute atomic E-state index is 10.2. The molecule has 1 aromatic heterocycles. The van der Waals surface area contributed by atoms with Crippen LogP contribution in [0.4, 0.5) is 11.6 Å². The van der Waals surface area contributed by atoms with E-state index in [2.05, 4.69) is 20.2 Å². The lowest BCUT2D eigenvalue weighted by atomic mass is 9.95. The van der Waals surface area contributed by atoms with Gasteiger partial charge >= 0.3 is 0 Å². The summed E-state index contributed by atoms with van der Waals surface area (Å²) in [6, 6.07) is 1.90. The van der Waals surface area contributed by atoms with Gasteiger partial charge in [0.15, 0.2) is 5.82 Å². The molecule has 1 atom stereocenters. The normalized spacial score (nSPS) is 23.5. The van der Waals surface area contributed by atoms with Crippen molar-refractivity contribution >= 4 is 11.6 Å². The Kier molecular flexibility index (Phi) is 4.21. The van der Waals surface area contributed by atoms with Gasteiger partial charge in [-0.25, -0.2) is 9.97 Å². The SMILES string of the molecule is CNc1cc(N2CCCC(C)(O)C2)nc(COC)n1. The Balaban J connectivity index is 2.25. The van der Waals surface area contributed by atoms with Gasteiger partial charge in [0, 0.05) is 33.3 Å².